The van der Waals surface area contributed by atoms with E-state index in [0.717, 1.165) is 0 Å². The van der Waals surface area contributed by atoms with Crippen LogP contribution in [0.2, 0.25) is 5.28 Å². The Morgan fingerprint density at radius 3 is 2.81 bits per heavy atom. The quantitative estimate of drug-likeness (QED) is 0.785. The van der Waals surface area contributed by atoms with Crippen molar-refractivity contribution >= 4 is 23.3 Å². The fourth-order valence-corrected chi connectivity index (χ4v) is 1.35. The fourth-order valence-electron chi connectivity index (χ4n) is 1.20. The third-order valence-electron chi connectivity index (χ3n) is 2.05. The van der Waals surface area contributed by atoms with E-state index in [1.807, 2.05) is 6.92 Å². The van der Waals surface area contributed by atoms with Gasteiger partial charge in [0.15, 0.2) is 0 Å². The topological polar surface area (TPSA) is 66.9 Å². The molecular formula is C10H15ClN4O. The Balaban J connectivity index is 2.71. The van der Waals surface area contributed by atoms with Crippen LogP contribution < -0.4 is 10.6 Å². The minimum Gasteiger partial charge on any atom is -0.309 e. The first-order valence-corrected chi connectivity index (χ1v) is 5.38. The van der Waals surface area contributed by atoms with Gasteiger partial charge in [-0.2, -0.15) is 0 Å². The Bertz CT molecular complexity index is 381. The van der Waals surface area contributed by atoms with E-state index in [1.54, 1.807) is 19.9 Å². The van der Waals surface area contributed by atoms with Crippen LogP contribution in [0.25, 0.3) is 0 Å². The van der Waals surface area contributed by atoms with Gasteiger partial charge in [-0.25, -0.2) is 9.97 Å². The number of likely N-dealkylation sites (N-methyl/N-ethyl adjacent to an activating group) is 1. The summed E-state index contributed by atoms with van der Waals surface area (Å²) in [4.78, 5) is 19.5. The highest BCUT2D eigenvalue weighted by Crippen LogP contribution is 2.09. The van der Waals surface area contributed by atoms with Crippen molar-refractivity contribution in [2.24, 2.45) is 0 Å². The molecule has 0 aliphatic heterocycles. The first-order valence-electron chi connectivity index (χ1n) is 5.00. The van der Waals surface area contributed by atoms with Crippen LogP contribution in [-0.4, -0.2) is 28.0 Å². The lowest BCUT2D eigenvalue weighted by atomic mass is 10.0. The lowest BCUT2D eigenvalue weighted by molar-refractivity contribution is -0.121. The summed E-state index contributed by atoms with van der Waals surface area (Å²) >= 11 is 5.61. The SMILES string of the molecule is CCNC(C)(C)C(=O)Nc1ccnc(Cl)n1. The van der Waals surface area contributed by atoms with Gasteiger partial charge in [-0.1, -0.05) is 6.92 Å². The van der Waals surface area contributed by atoms with Crippen molar-refractivity contribution in [2.45, 2.75) is 26.3 Å². The molecule has 0 unspecified atom stereocenters. The number of nitrogens with one attached hydrogen (secondary N) is 2. The smallest absolute Gasteiger partial charge is 0.245 e. The molecule has 0 radical (unpaired) electrons. The number of halogens is 1. The molecule has 0 saturated heterocycles. The molecule has 16 heavy (non-hydrogen) atoms. The van der Waals surface area contributed by atoms with Gasteiger partial charge in [0.05, 0.1) is 5.54 Å². The average Bonchev–Trinajstić information content (AvgIpc) is 2.17. The summed E-state index contributed by atoms with van der Waals surface area (Å²) in [6, 6.07) is 1.59. The predicted octanol–water partition coefficient (Wildman–Crippen LogP) is 1.46. The second kappa shape index (κ2) is 5.23. The molecule has 0 atom stereocenters. The van der Waals surface area contributed by atoms with Gasteiger partial charge in [-0.15, -0.1) is 0 Å². The van der Waals surface area contributed by atoms with Crippen LogP contribution in [0.5, 0.6) is 0 Å². The average molecular weight is 243 g/mol. The van der Waals surface area contributed by atoms with Gasteiger partial charge in [-0.05, 0) is 38.1 Å². The molecule has 6 heteroatoms. The zero-order valence-corrected chi connectivity index (χ0v) is 10.3. The van der Waals surface area contributed by atoms with Crippen molar-refractivity contribution in [3.63, 3.8) is 0 Å². The summed E-state index contributed by atoms with van der Waals surface area (Å²) < 4.78 is 0. The maximum Gasteiger partial charge on any atom is 0.245 e. The Morgan fingerprint density at radius 2 is 2.25 bits per heavy atom. The molecule has 0 bridgehead atoms. The first-order chi connectivity index (χ1) is 7.45. The van der Waals surface area contributed by atoms with Crippen molar-refractivity contribution in [3.05, 3.63) is 17.5 Å². The number of amides is 1. The molecule has 1 aromatic rings. The molecule has 1 aromatic heterocycles. The van der Waals surface area contributed by atoms with E-state index in [1.165, 1.54) is 6.20 Å². The van der Waals surface area contributed by atoms with Crippen LogP contribution in [0.4, 0.5) is 5.82 Å². The highest BCUT2D eigenvalue weighted by molar-refractivity contribution is 6.28. The van der Waals surface area contributed by atoms with E-state index in [2.05, 4.69) is 20.6 Å². The number of hydrogen-bond donors (Lipinski definition) is 2. The minimum absolute atomic E-state index is 0.110. The van der Waals surface area contributed by atoms with Crippen LogP contribution in [0.15, 0.2) is 12.3 Å². The number of anilines is 1. The summed E-state index contributed by atoms with van der Waals surface area (Å²) in [6.07, 6.45) is 1.49. The highest BCUT2D eigenvalue weighted by Gasteiger charge is 2.26. The van der Waals surface area contributed by atoms with Gasteiger partial charge in [0.1, 0.15) is 5.82 Å². The zero-order valence-electron chi connectivity index (χ0n) is 9.54. The van der Waals surface area contributed by atoms with Crippen molar-refractivity contribution in [1.29, 1.82) is 0 Å². The van der Waals surface area contributed by atoms with Crippen molar-refractivity contribution in [3.8, 4) is 0 Å². The van der Waals surface area contributed by atoms with Crippen molar-refractivity contribution in [1.82, 2.24) is 15.3 Å². The molecule has 1 heterocycles. The number of nitrogens with zero attached hydrogens (tertiary/aromatic N) is 2. The first kappa shape index (κ1) is 12.9. The summed E-state index contributed by atoms with van der Waals surface area (Å²) in [5, 5.41) is 5.85. The zero-order chi connectivity index (χ0) is 12.2. The van der Waals surface area contributed by atoms with Crippen LogP contribution in [0, 0.1) is 0 Å². The molecule has 2 N–H and O–H groups in total. The standard InChI is InChI=1S/C10H15ClN4O/c1-4-13-10(2,3)8(16)14-7-5-6-12-9(11)15-7/h5-6,13H,4H2,1-3H3,(H,12,14,15,16). The molecule has 1 amide bonds. The molecule has 0 aliphatic rings. The van der Waals surface area contributed by atoms with Crippen LogP contribution in [-0.2, 0) is 4.79 Å². The molecule has 0 fully saturated rings. The molecule has 0 aromatic carbocycles. The lowest BCUT2D eigenvalue weighted by Crippen LogP contribution is -2.49. The van der Waals surface area contributed by atoms with Gasteiger partial charge in [0.25, 0.3) is 0 Å². The molecule has 0 aliphatic carbocycles. The molecule has 0 saturated carbocycles. The largest absolute Gasteiger partial charge is 0.309 e. The van der Waals surface area contributed by atoms with Crippen LogP contribution >= 0.6 is 11.6 Å². The van der Waals surface area contributed by atoms with Gasteiger partial charge in [-0.3, -0.25) is 4.79 Å². The number of carbonyl (C=O) groups is 1. The highest BCUT2D eigenvalue weighted by atomic mass is 35.5. The normalized spacial score (nSPS) is 11.2. The van der Waals surface area contributed by atoms with E-state index in [-0.39, 0.29) is 11.2 Å². The summed E-state index contributed by atoms with van der Waals surface area (Å²) in [5.41, 5.74) is -0.647. The Morgan fingerprint density at radius 1 is 1.56 bits per heavy atom. The third kappa shape index (κ3) is 3.43. The van der Waals surface area contributed by atoms with E-state index >= 15 is 0 Å². The number of hydrogen-bond acceptors (Lipinski definition) is 4. The maximum absolute atomic E-state index is 11.9. The Labute approximate surface area is 99.6 Å². The molecular weight excluding hydrogens is 228 g/mol. The second-order valence-corrected chi connectivity index (χ2v) is 4.16. The van der Waals surface area contributed by atoms with Crippen molar-refractivity contribution < 1.29 is 4.79 Å². The van der Waals surface area contributed by atoms with Gasteiger partial charge in [0.2, 0.25) is 11.2 Å². The lowest BCUT2D eigenvalue weighted by Gasteiger charge is -2.24. The summed E-state index contributed by atoms with van der Waals surface area (Å²) in [5.74, 6) is 0.236. The molecule has 88 valence electrons. The van der Waals surface area contributed by atoms with Gasteiger partial charge < -0.3 is 10.6 Å². The number of aromatic nitrogens is 2. The maximum atomic E-state index is 11.9. The Hall–Kier alpha value is -1.20. The minimum atomic E-state index is -0.647. The van der Waals surface area contributed by atoms with E-state index in [9.17, 15) is 4.79 Å². The van der Waals surface area contributed by atoms with E-state index in [0.29, 0.717) is 12.4 Å². The summed E-state index contributed by atoms with van der Waals surface area (Å²) in [6.45, 7) is 6.25. The number of carbonyl (C=O) groups excluding carboxylic acids is 1. The van der Waals surface area contributed by atoms with Gasteiger partial charge in [0, 0.05) is 6.20 Å². The molecule has 5 nitrogen and oxygen atoms in total. The molecule has 1 rings (SSSR count). The third-order valence-corrected chi connectivity index (χ3v) is 2.24. The van der Waals surface area contributed by atoms with Gasteiger partial charge >= 0.3 is 0 Å². The second-order valence-electron chi connectivity index (χ2n) is 3.82. The fraction of sp³-hybridized carbons (Fsp3) is 0.500. The number of rotatable bonds is 4. The Kier molecular flexibility index (Phi) is 4.20. The van der Waals surface area contributed by atoms with Crippen LogP contribution in [0.1, 0.15) is 20.8 Å². The summed E-state index contributed by atoms with van der Waals surface area (Å²) in [7, 11) is 0. The predicted molar refractivity (Wildman–Crippen MR) is 63.4 cm³/mol. The van der Waals surface area contributed by atoms with E-state index < -0.39 is 5.54 Å². The van der Waals surface area contributed by atoms with Crippen LogP contribution in [0.3, 0.4) is 0 Å². The molecule has 0 spiro atoms. The van der Waals surface area contributed by atoms with Crippen molar-refractivity contribution in [2.75, 3.05) is 11.9 Å². The van der Waals surface area contributed by atoms with E-state index in [4.69, 9.17) is 11.6 Å². The monoisotopic (exact) mass is 242 g/mol.